The van der Waals surface area contributed by atoms with E-state index in [1.807, 2.05) is 6.92 Å². The standard InChI is InChI=1S/C12H21NO4/c1-5-9(11(16)17-12(2,3)4)13-7-8(14)6-10(13)15/h8-9,14H,5-7H2,1-4H3/t8?,9-/m1/s1. The van der Waals surface area contributed by atoms with E-state index in [9.17, 15) is 14.7 Å². The molecule has 1 heterocycles. The van der Waals surface area contributed by atoms with Gasteiger partial charge in [-0.1, -0.05) is 6.92 Å². The summed E-state index contributed by atoms with van der Waals surface area (Å²) in [5.41, 5.74) is -0.564. The molecule has 0 spiro atoms. The van der Waals surface area contributed by atoms with E-state index in [-0.39, 0.29) is 18.9 Å². The number of amides is 1. The third kappa shape index (κ3) is 3.70. The molecule has 1 aliphatic rings. The van der Waals surface area contributed by atoms with Crippen molar-refractivity contribution in [2.75, 3.05) is 6.54 Å². The summed E-state index contributed by atoms with van der Waals surface area (Å²) in [7, 11) is 0. The van der Waals surface area contributed by atoms with E-state index in [1.54, 1.807) is 20.8 Å². The van der Waals surface area contributed by atoms with Crippen molar-refractivity contribution < 1.29 is 19.4 Å². The summed E-state index contributed by atoms with van der Waals surface area (Å²) in [5, 5.41) is 9.41. The maximum absolute atomic E-state index is 11.9. The molecule has 0 aromatic carbocycles. The van der Waals surface area contributed by atoms with Crippen molar-refractivity contribution in [2.45, 2.75) is 58.3 Å². The van der Waals surface area contributed by atoms with Crippen LogP contribution in [0, 0.1) is 0 Å². The molecule has 5 nitrogen and oxygen atoms in total. The zero-order valence-corrected chi connectivity index (χ0v) is 10.9. The van der Waals surface area contributed by atoms with E-state index in [0.29, 0.717) is 6.42 Å². The number of carbonyl (C=O) groups is 2. The number of β-amino-alcohol motifs (C(OH)–C–C–N with tert-alkyl or cyclic N) is 1. The average Bonchev–Trinajstić information content (AvgIpc) is 2.43. The molecule has 1 aliphatic heterocycles. The van der Waals surface area contributed by atoms with Crippen LogP contribution < -0.4 is 0 Å². The summed E-state index contributed by atoms with van der Waals surface area (Å²) in [6, 6.07) is -0.584. The molecular weight excluding hydrogens is 222 g/mol. The van der Waals surface area contributed by atoms with E-state index < -0.39 is 23.7 Å². The van der Waals surface area contributed by atoms with Gasteiger partial charge in [0.1, 0.15) is 11.6 Å². The molecule has 1 rings (SSSR count). The zero-order chi connectivity index (χ0) is 13.2. The summed E-state index contributed by atoms with van der Waals surface area (Å²) >= 11 is 0. The molecule has 1 unspecified atom stereocenters. The molecule has 17 heavy (non-hydrogen) atoms. The number of aliphatic hydroxyl groups is 1. The van der Waals surface area contributed by atoms with Gasteiger partial charge in [0.25, 0.3) is 0 Å². The Kier molecular flexibility index (Phi) is 4.14. The van der Waals surface area contributed by atoms with Crippen LogP contribution in [-0.4, -0.2) is 46.2 Å². The quantitative estimate of drug-likeness (QED) is 0.741. The van der Waals surface area contributed by atoms with Crippen molar-refractivity contribution in [1.82, 2.24) is 4.90 Å². The molecular formula is C12H21NO4. The van der Waals surface area contributed by atoms with Crippen LogP contribution in [0.1, 0.15) is 40.5 Å². The molecule has 0 aromatic rings. The molecule has 0 aromatic heterocycles. The van der Waals surface area contributed by atoms with Gasteiger partial charge in [-0.3, -0.25) is 4.79 Å². The van der Waals surface area contributed by atoms with Gasteiger partial charge >= 0.3 is 5.97 Å². The number of hydrogen-bond donors (Lipinski definition) is 1. The average molecular weight is 243 g/mol. The highest BCUT2D eigenvalue weighted by molar-refractivity contribution is 5.86. The Balaban J connectivity index is 2.71. The van der Waals surface area contributed by atoms with Gasteiger partial charge in [0.05, 0.1) is 12.5 Å². The van der Waals surface area contributed by atoms with Crippen molar-refractivity contribution >= 4 is 11.9 Å². The molecule has 0 radical (unpaired) electrons. The minimum absolute atomic E-state index is 0.0965. The Morgan fingerprint density at radius 1 is 1.59 bits per heavy atom. The van der Waals surface area contributed by atoms with Gasteiger partial charge in [-0.25, -0.2) is 4.79 Å². The SMILES string of the molecule is CC[C@H](C(=O)OC(C)(C)C)N1CC(O)CC1=O. The summed E-state index contributed by atoms with van der Waals surface area (Å²) in [6.07, 6.45) is -0.0777. The van der Waals surface area contributed by atoms with Crippen molar-refractivity contribution in [2.24, 2.45) is 0 Å². The molecule has 0 bridgehead atoms. The number of rotatable bonds is 3. The Morgan fingerprint density at radius 3 is 2.53 bits per heavy atom. The van der Waals surface area contributed by atoms with Gasteiger partial charge in [0.2, 0.25) is 5.91 Å². The summed E-state index contributed by atoms with van der Waals surface area (Å²) < 4.78 is 5.27. The maximum atomic E-state index is 11.9. The lowest BCUT2D eigenvalue weighted by molar-refractivity contribution is -0.164. The first-order chi connectivity index (χ1) is 7.74. The van der Waals surface area contributed by atoms with Crippen molar-refractivity contribution in [1.29, 1.82) is 0 Å². The fourth-order valence-electron chi connectivity index (χ4n) is 1.90. The van der Waals surface area contributed by atoms with E-state index in [2.05, 4.69) is 0 Å². The molecule has 0 aliphatic carbocycles. The van der Waals surface area contributed by atoms with Crippen LogP contribution >= 0.6 is 0 Å². The van der Waals surface area contributed by atoms with Crippen LogP contribution in [0.25, 0.3) is 0 Å². The van der Waals surface area contributed by atoms with Crippen LogP contribution in [0.15, 0.2) is 0 Å². The summed E-state index contributed by atoms with van der Waals surface area (Å²) in [4.78, 5) is 25.0. The lowest BCUT2D eigenvalue weighted by Gasteiger charge is -2.28. The Morgan fingerprint density at radius 2 is 2.18 bits per heavy atom. The summed E-state index contributed by atoms with van der Waals surface area (Å²) in [6.45, 7) is 7.41. The zero-order valence-electron chi connectivity index (χ0n) is 10.9. The molecule has 0 saturated carbocycles. The van der Waals surface area contributed by atoms with E-state index >= 15 is 0 Å². The predicted octanol–water partition coefficient (Wildman–Crippen LogP) is 0.700. The Labute approximate surface area is 102 Å². The van der Waals surface area contributed by atoms with Gasteiger partial charge in [-0.05, 0) is 27.2 Å². The summed E-state index contributed by atoms with van der Waals surface area (Å²) in [5.74, 6) is -0.586. The monoisotopic (exact) mass is 243 g/mol. The second-order valence-corrected chi connectivity index (χ2v) is 5.36. The first-order valence-electron chi connectivity index (χ1n) is 5.95. The first kappa shape index (κ1) is 14.0. The number of likely N-dealkylation sites (tertiary alicyclic amines) is 1. The van der Waals surface area contributed by atoms with Crippen molar-refractivity contribution in [3.8, 4) is 0 Å². The number of nitrogens with zero attached hydrogens (tertiary/aromatic N) is 1. The highest BCUT2D eigenvalue weighted by Gasteiger charge is 2.37. The van der Waals surface area contributed by atoms with Crippen LogP contribution in [0.2, 0.25) is 0 Å². The molecule has 2 atom stereocenters. The smallest absolute Gasteiger partial charge is 0.329 e. The molecule has 98 valence electrons. The number of aliphatic hydroxyl groups excluding tert-OH is 1. The van der Waals surface area contributed by atoms with Crippen LogP contribution in [-0.2, 0) is 14.3 Å². The molecule has 1 fully saturated rings. The number of hydrogen-bond acceptors (Lipinski definition) is 4. The van der Waals surface area contributed by atoms with Gasteiger partial charge in [0.15, 0.2) is 0 Å². The minimum atomic E-state index is -0.668. The van der Waals surface area contributed by atoms with Gasteiger partial charge in [-0.2, -0.15) is 0 Å². The third-order valence-corrected chi connectivity index (χ3v) is 2.58. The fourth-order valence-corrected chi connectivity index (χ4v) is 1.90. The molecule has 5 heteroatoms. The maximum Gasteiger partial charge on any atom is 0.329 e. The first-order valence-corrected chi connectivity index (χ1v) is 5.95. The second kappa shape index (κ2) is 5.04. The second-order valence-electron chi connectivity index (χ2n) is 5.36. The topological polar surface area (TPSA) is 66.8 Å². The van der Waals surface area contributed by atoms with Gasteiger partial charge in [0, 0.05) is 6.54 Å². The van der Waals surface area contributed by atoms with Crippen LogP contribution in [0.5, 0.6) is 0 Å². The Bertz CT molecular complexity index is 308. The minimum Gasteiger partial charge on any atom is -0.458 e. The van der Waals surface area contributed by atoms with Crippen molar-refractivity contribution in [3.63, 3.8) is 0 Å². The van der Waals surface area contributed by atoms with Crippen molar-refractivity contribution in [3.05, 3.63) is 0 Å². The molecule has 1 amide bonds. The number of carbonyl (C=O) groups excluding carboxylic acids is 2. The van der Waals surface area contributed by atoms with Gasteiger partial charge < -0.3 is 14.7 Å². The van der Waals surface area contributed by atoms with Crippen LogP contribution in [0.3, 0.4) is 0 Å². The fraction of sp³-hybridized carbons (Fsp3) is 0.833. The van der Waals surface area contributed by atoms with E-state index in [1.165, 1.54) is 4.90 Å². The van der Waals surface area contributed by atoms with E-state index in [4.69, 9.17) is 4.74 Å². The molecule has 1 N–H and O–H groups in total. The van der Waals surface area contributed by atoms with E-state index in [0.717, 1.165) is 0 Å². The van der Waals surface area contributed by atoms with Crippen LogP contribution in [0.4, 0.5) is 0 Å². The number of esters is 1. The Hall–Kier alpha value is -1.10. The lowest BCUT2D eigenvalue weighted by Crippen LogP contribution is -2.45. The molecule has 1 saturated heterocycles. The van der Waals surface area contributed by atoms with Gasteiger partial charge in [-0.15, -0.1) is 0 Å². The third-order valence-electron chi connectivity index (χ3n) is 2.58. The number of ether oxygens (including phenoxy) is 1. The largest absolute Gasteiger partial charge is 0.458 e. The normalized spacial score (nSPS) is 22.8. The predicted molar refractivity (Wildman–Crippen MR) is 62.3 cm³/mol. The highest BCUT2D eigenvalue weighted by Crippen LogP contribution is 2.19. The highest BCUT2D eigenvalue weighted by atomic mass is 16.6. The lowest BCUT2D eigenvalue weighted by atomic mass is 10.1.